The number of halogens is 3. The summed E-state index contributed by atoms with van der Waals surface area (Å²) in [5, 5.41) is 8.29. The molecule has 0 rings (SSSR count). The van der Waals surface area contributed by atoms with Crippen LogP contribution in [0.5, 0.6) is 0 Å². The topological polar surface area (TPSA) is 42.2 Å². The van der Waals surface area contributed by atoms with Gasteiger partial charge in [0.2, 0.25) is 0 Å². The highest BCUT2D eigenvalue weighted by Crippen LogP contribution is 2.25. The van der Waals surface area contributed by atoms with Crippen molar-refractivity contribution in [2.45, 2.75) is 32.0 Å². The number of nitrogens with zero attached hydrogens (tertiary/aromatic N) is 1. The Balaban J connectivity index is 3.87. The standard InChI is InChI=1S/C10H16F3NO2/c1-9(2,15-3)4-5-16-7-8(6-14)10(11,12)13/h8H,4-5,7H2,1-3H3. The number of rotatable bonds is 6. The highest BCUT2D eigenvalue weighted by Gasteiger charge is 2.40. The van der Waals surface area contributed by atoms with Gasteiger partial charge in [-0.05, 0) is 20.3 Å². The summed E-state index contributed by atoms with van der Waals surface area (Å²) in [6, 6.07) is 1.17. The number of alkyl halides is 3. The van der Waals surface area contributed by atoms with Gasteiger partial charge < -0.3 is 9.47 Å². The molecule has 0 fully saturated rings. The lowest BCUT2D eigenvalue weighted by Crippen LogP contribution is -2.28. The average Bonchev–Trinajstić information content (AvgIpc) is 2.15. The molecule has 94 valence electrons. The Labute approximate surface area is 93.1 Å². The molecule has 0 heterocycles. The van der Waals surface area contributed by atoms with Gasteiger partial charge in [-0.15, -0.1) is 0 Å². The van der Waals surface area contributed by atoms with Crippen LogP contribution in [-0.2, 0) is 9.47 Å². The van der Waals surface area contributed by atoms with E-state index in [0.29, 0.717) is 6.42 Å². The van der Waals surface area contributed by atoms with Gasteiger partial charge in [0, 0.05) is 13.7 Å². The van der Waals surface area contributed by atoms with E-state index in [1.54, 1.807) is 0 Å². The van der Waals surface area contributed by atoms with Crippen molar-refractivity contribution >= 4 is 0 Å². The molecule has 1 unspecified atom stereocenters. The first-order valence-corrected chi connectivity index (χ1v) is 4.82. The van der Waals surface area contributed by atoms with E-state index < -0.39 is 24.3 Å². The maximum absolute atomic E-state index is 12.1. The zero-order valence-electron chi connectivity index (χ0n) is 9.60. The molecular formula is C10H16F3NO2. The molecule has 0 radical (unpaired) electrons. The van der Waals surface area contributed by atoms with E-state index in [1.165, 1.54) is 13.2 Å². The number of hydrogen-bond acceptors (Lipinski definition) is 3. The summed E-state index contributed by atoms with van der Waals surface area (Å²) in [7, 11) is 1.52. The summed E-state index contributed by atoms with van der Waals surface area (Å²) in [4.78, 5) is 0. The van der Waals surface area contributed by atoms with E-state index in [9.17, 15) is 13.2 Å². The van der Waals surface area contributed by atoms with Crippen molar-refractivity contribution in [3.63, 3.8) is 0 Å². The zero-order valence-corrected chi connectivity index (χ0v) is 9.60. The van der Waals surface area contributed by atoms with Crippen LogP contribution in [0, 0.1) is 17.2 Å². The van der Waals surface area contributed by atoms with Crippen LogP contribution in [-0.4, -0.2) is 32.1 Å². The molecule has 0 saturated heterocycles. The summed E-state index contributed by atoms with van der Waals surface area (Å²) in [6.45, 7) is 3.12. The SMILES string of the molecule is COC(C)(C)CCOCC(C#N)C(F)(F)F. The number of ether oxygens (including phenoxy) is 2. The summed E-state index contributed by atoms with van der Waals surface area (Å²) in [6.07, 6.45) is -4.05. The van der Waals surface area contributed by atoms with Crippen LogP contribution in [0.15, 0.2) is 0 Å². The van der Waals surface area contributed by atoms with Crippen molar-refractivity contribution in [2.75, 3.05) is 20.3 Å². The number of methoxy groups -OCH3 is 1. The molecule has 0 aliphatic heterocycles. The molecule has 6 heteroatoms. The van der Waals surface area contributed by atoms with Gasteiger partial charge in [-0.3, -0.25) is 0 Å². The summed E-state index contributed by atoms with van der Waals surface area (Å²) < 4.78 is 46.3. The predicted octanol–water partition coefficient (Wildman–Crippen LogP) is 2.52. The molecule has 0 aromatic rings. The van der Waals surface area contributed by atoms with Gasteiger partial charge in [0.05, 0.1) is 18.3 Å². The van der Waals surface area contributed by atoms with Crippen LogP contribution < -0.4 is 0 Å². The van der Waals surface area contributed by atoms with Crippen LogP contribution in [0.3, 0.4) is 0 Å². The van der Waals surface area contributed by atoms with E-state index in [1.807, 2.05) is 13.8 Å². The maximum Gasteiger partial charge on any atom is 0.406 e. The van der Waals surface area contributed by atoms with E-state index in [-0.39, 0.29) is 6.61 Å². The molecule has 0 aliphatic rings. The maximum atomic E-state index is 12.1. The molecular weight excluding hydrogens is 223 g/mol. The fourth-order valence-corrected chi connectivity index (χ4v) is 0.826. The zero-order chi connectivity index (χ0) is 12.8. The molecule has 0 spiro atoms. The molecule has 0 saturated carbocycles. The summed E-state index contributed by atoms with van der Waals surface area (Å²) in [5.41, 5.74) is -0.430. The van der Waals surface area contributed by atoms with Gasteiger partial charge in [-0.2, -0.15) is 18.4 Å². The lowest BCUT2D eigenvalue weighted by molar-refractivity contribution is -0.172. The van der Waals surface area contributed by atoms with Gasteiger partial charge in [0.25, 0.3) is 0 Å². The van der Waals surface area contributed by atoms with E-state index >= 15 is 0 Å². The third-order valence-electron chi connectivity index (χ3n) is 2.24. The highest BCUT2D eigenvalue weighted by molar-refractivity contribution is 4.88. The van der Waals surface area contributed by atoms with Gasteiger partial charge in [-0.1, -0.05) is 0 Å². The van der Waals surface area contributed by atoms with Crippen LogP contribution in [0.4, 0.5) is 13.2 Å². The number of hydrogen-bond donors (Lipinski definition) is 0. The summed E-state index contributed by atoms with van der Waals surface area (Å²) >= 11 is 0. The minimum atomic E-state index is -4.52. The van der Waals surface area contributed by atoms with Gasteiger partial charge in [0.15, 0.2) is 5.92 Å². The molecule has 0 aromatic heterocycles. The monoisotopic (exact) mass is 239 g/mol. The summed E-state index contributed by atoms with van der Waals surface area (Å²) in [5.74, 6) is -2.06. The van der Waals surface area contributed by atoms with Gasteiger partial charge in [-0.25, -0.2) is 0 Å². The van der Waals surface area contributed by atoms with Gasteiger partial charge >= 0.3 is 6.18 Å². The fourth-order valence-electron chi connectivity index (χ4n) is 0.826. The van der Waals surface area contributed by atoms with E-state index in [4.69, 9.17) is 14.7 Å². The second-order valence-corrected chi connectivity index (χ2v) is 4.01. The van der Waals surface area contributed by atoms with Crippen molar-refractivity contribution in [3.8, 4) is 6.07 Å². The van der Waals surface area contributed by atoms with Crippen molar-refractivity contribution in [3.05, 3.63) is 0 Å². The smallest absolute Gasteiger partial charge is 0.380 e. The Morgan fingerprint density at radius 1 is 1.31 bits per heavy atom. The first-order valence-electron chi connectivity index (χ1n) is 4.82. The molecule has 0 bridgehead atoms. The van der Waals surface area contributed by atoms with E-state index in [2.05, 4.69) is 0 Å². The predicted molar refractivity (Wildman–Crippen MR) is 51.7 cm³/mol. The quantitative estimate of drug-likeness (QED) is 0.669. The molecule has 0 aliphatic carbocycles. The first-order chi connectivity index (χ1) is 7.23. The lowest BCUT2D eigenvalue weighted by Gasteiger charge is -2.23. The third-order valence-corrected chi connectivity index (χ3v) is 2.24. The Bertz CT molecular complexity index is 245. The van der Waals surface area contributed by atoms with Crippen molar-refractivity contribution < 1.29 is 22.6 Å². The molecule has 0 aromatic carbocycles. The second kappa shape index (κ2) is 6.06. The Morgan fingerprint density at radius 3 is 2.25 bits per heavy atom. The average molecular weight is 239 g/mol. The molecule has 1 atom stereocenters. The molecule has 0 N–H and O–H groups in total. The highest BCUT2D eigenvalue weighted by atomic mass is 19.4. The largest absolute Gasteiger partial charge is 0.406 e. The van der Waals surface area contributed by atoms with Crippen LogP contribution >= 0.6 is 0 Å². The Morgan fingerprint density at radius 2 is 1.88 bits per heavy atom. The van der Waals surface area contributed by atoms with Crippen LogP contribution in [0.25, 0.3) is 0 Å². The molecule has 16 heavy (non-hydrogen) atoms. The fraction of sp³-hybridized carbons (Fsp3) is 0.900. The second-order valence-electron chi connectivity index (χ2n) is 4.01. The minimum absolute atomic E-state index is 0.134. The minimum Gasteiger partial charge on any atom is -0.380 e. The van der Waals surface area contributed by atoms with E-state index in [0.717, 1.165) is 0 Å². The van der Waals surface area contributed by atoms with Crippen molar-refractivity contribution in [1.29, 1.82) is 5.26 Å². The lowest BCUT2D eigenvalue weighted by atomic mass is 10.1. The van der Waals surface area contributed by atoms with Crippen molar-refractivity contribution in [1.82, 2.24) is 0 Å². The van der Waals surface area contributed by atoms with Gasteiger partial charge in [0.1, 0.15) is 0 Å². The normalized spacial score (nSPS) is 14.6. The third kappa shape index (κ3) is 5.93. The number of nitriles is 1. The Hall–Kier alpha value is -0.800. The molecule has 0 amide bonds. The van der Waals surface area contributed by atoms with Crippen LogP contribution in [0.2, 0.25) is 0 Å². The Kier molecular flexibility index (Phi) is 5.76. The van der Waals surface area contributed by atoms with Crippen LogP contribution in [0.1, 0.15) is 20.3 Å². The first kappa shape index (κ1) is 15.2. The van der Waals surface area contributed by atoms with Crippen molar-refractivity contribution in [2.24, 2.45) is 5.92 Å². The molecule has 3 nitrogen and oxygen atoms in total.